The lowest BCUT2D eigenvalue weighted by atomic mass is 9.43. The molecule has 4 aliphatic carbocycles. The van der Waals surface area contributed by atoms with Crippen LogP contribution < -0.4 is 9.61 Å². The van der Waals surface area contributed by atoms with Crippen molar-refractivity contribution in [1.82, 2.24) is 5.09 Å². The molecule has 2 fully saturated rings. The van der Waals surface area contributed by atoms with Gasteiger partial charge in [0.1, 0.15) is 23.5 Å². The molecule has 0 aliphatic heterocycles. The zero-order valence-electron chi connectivity index (χ0n) is 36.1. The van der Waals surface area contributed by atoms with Crippen molar-refractivity contribution >= 4 is 19.7 Å². The van der Waals surface area contributed by atoms with Gasteiger partial charge in [0.05, 0.1) is 6.10 Å². The van der Waals surface area contributed by atoms with Gasteiger partial charge in [-0.3, -0.25) is 4.79 Å². The quantitative estimate of drug-likeness (QED) is 0.109. The molecule has 2 saturated carbocycles. The molecule has 5 rings (SSSR count). The first-order chi connectivity index (χ1) is 25.6. The SMILES string of the molecule is CC[C@H](C)[C@H](NP(=O)(O)Oc1ccccc1C(=O)O[C@H]1CC[C@]2(C)C3=C(CC[C@H]2C1(C)C)[C@]1(C)CC[C@H]([C@H](C)CCC=C(C)C)[C@@]1(C)CC3)C(=O)OC(C)C. The van der Waals surface area contributed by atoms with Gasteiger partial charge in [0.15, 0.2) is 0 Å². The third kappa shape index (κ3) is 8.44. The van der Waals surface area contributed by atoms with Gasteiger partial charge < -0.3 is 18.9 Å². The summed E-state index contributed by atoms with van der Waals surface area (Å²) in [5.74, 6) is 0.236. The number of carbonyl (C=O) groups is 2. The topological polar surface area (TPSA) is 111 Å². The Morgan fingerprint density at radius 3 is 2.31 bits per heavy atom. The summed E-state index contributed by atoms with van der Waals surface area (Å²) in [5.41, 5.74) is 5.26. The molecule has 8 nitrogen and oxygen atoms in total. The molecule has 2 N–H and O–H groups in total. The molecule has 0 aromatic heterocycles. The molecule has 4 aliphatic rings. The van der Waals surface area contributed by atoms with E-state index in [1.165, 1.54) is 50.2 Å². The van der Waals surface area contributed by atoms with E-state index < -0.39 is 25.7 Å². The van der Waals surface area contributed by atoms with Crippen molar-refractivity contribution in [3.05, 3.63) is 52.6 Å². The second-order valence-electron chi connectivity index (χ2n) is 19.5. The molecule has 1 aromatic carbocycles. The van der Waals surface area contributed by atoms with E-state index >= 15 is 0 Å². The Labute approximate surface area is 332 Å². The molecule has 0 heterocycles. The highest BCUT2D eigenvalue weighted by Gasteiger charge is 2.63. The molecule has 55 heavy (non-hydrogen) atoms. The Morgan fingerprint density at radius 2 is 1.65 bits per heavy atom. The number of ether oxygens (including phenoxy) is 2. The number of nitrogens with one attached hydrogen (secondary N) is 1. The smallest absolute Gasteiger partial charge is 0.456 e. The van der Waals surface area contributed by atoms with Gasteiger partial charge in [0.25, 0.3) is 0 Å². The summed E-state index contributed by atoms with van der Waals surface area (Å²) in [4.78, 5) is 37.8. The second-order valence-corrected chi connectivity index (χ2v) is 21.0. The molecule has 10 atom stereocenters. The molecular formula is C46H72NO7P. The van der Waals surface area contributed by atoms with Crippen LogP contribution in [-0.4, -0.2) is 35.1 Å². The Kier molecular flexibility index (Phi) is 13.1. The van der Waals surface area contributed by atoms with Crippen LogP contribution in [0.2, 0.25) is 0 Å². The maximum absolute atomic E-state index is 14.0. The first kappa shape index (κ1) is 43.7. The van der Waals surface area contributed by atoms with Crippen molar-refractivity contribution in [2.45, 2.75) is 172 Å². The highest BCUT2D eigenvalue weighted by atomic mass is 31.2. The van der Waals surface area contributed by atoms with Crippen LogP contribution in [0.5, 0.6) is 5.75 Å². The second kappa shape index (κ2) is 16.5. The van der Waals surface area contributed by atoms with E-state index in [9.17, 15) is 19.0 Å². The van der Waals surface area contributed by atoms with E-state index in [2.05, 4.69) is 66.6 Å². The van der Waals surface area contributed by atoms with Crippen molar-refractivity contribution in [1.29, 1.82) is 0 Å². The van der Waals surface area contributed by atoms with E-state index in [1.54, 1.807) is 50.1 Å². The Bertz CT molecular complexity index is 1690. The zero-order valence-corrected chi connectivity index (χ0v) is 36.9. The number of allylic oxidation sites excluding steroid dienone is 4. The summed E-state index contributed by atoms with van der Waals surface area (Å²) in [6.07, 6.45) is 13.6. The molecule has 9 heteroatoms. The standard InChI is InChI=1S/C46H72NO7P/c1-13-31(6)40(42(49)52-30(4)5)47-55(50,51)54-37-20-15-14-19-33(37)41(48)53-39-25-26-44(10)35-24-28-45(11)34(32(7)18-16-17-29(2)3)23-27-46(45,12)36(35)21-22-38(44)43(39,8)9/h14-15,17,19-20,30-32,34,38-40H,13,16,18,21-28H2,1-12H3,(H2,47,50,51)/t31-,32+,34+,38-,39-,40-,44+,45+,46-/m0/s1. The van der Waals surface area contributed by atoms with Gasteiger partial charge in [-0.2, -0.15) is 5.09 Å². The number of hydrogen-bond acceptors (Lipinski definition) is 6. The average Bonchev–Trinajstić information content (AvgIpc) is 3.38. The summed E-state index contributed by atoms with van der Waals surface area (Å²) in [7, 11) is -4.62. The zero-order chi connectivity index (χ0) is 40.7. The molecular weight excluding hydrogens is 709 g/mol. The van der Waals surface area contributed by atoms with Crippen LogP contribution in [0, 0.1) is 45.3 Å². The van der Waals surface area contributed by atoms with E-state index in [0.717, 1.165) is 31.6 Å². The van der Waals surface area contributed by atoms with Crippen LogP contribution in [-0.2, 0) is 18.8 Å². The van der Waals surface area contributed by atoms with Gasteiger partial charge in [-0.05, 0) is 144 Å². The largest absolute Gasteiger partial charge is 0.462 e. The van der Waals surface area contributed by atoms with E-state index in [1.807, 2.05) is 6.92 Å². The first-order valence-electron chi connectivity index (χ1n) is 21.3. The van der Waals surface area contributed by atoms with E-state index in [-0.39, 0.29) is 45.7 Å². The summed E-state index contributed by atoms with van der Waals surface area (Å²) < 4.78 is 30.8. The third-order valence-electron chi connectivity index (χ3n) is 15.3. The summed E-state index contributed by atoms with van der Waals surface area (Å²) in [6, 6.07) is 5.31. The van der Waals surface area contributed by atoms with Crippen molar-refractivity contribution in [3.8, 4) is 5.75 Å². The third-order valence-corrected chi connectivity index (χ3v) is 16.4. The molecule has 308 valence electrons. The molecule has 0 saturated heterocycles. The fraction of sp³-hybridized carbons (Fsp3) is 0.739. The lowest BCUT2D eigenvalue weighted by Crippen LogP contribution is -2.55. The molecule has 1 unspecified atom stereocenters. The van der Waals surface area contributed by atoms with Gasteiger partial charge in [-0.15, -0.1) is 0 Å². The van der Waals surface area contributed by atoms with Gasteiger partial charge in [0.2, 0.25) is 0 Å². The molecule has 0 radical (unpaired) electrons. The van der Waals surface area contributed by atoms with Crippen LogP contribution in [0.25, 0.3) is 0 Å². The minimum Gasteiger partial charge on any atom is -0.462 e. The van der Waals surface area contributed by atoms with Gasteiger partial charge in [-0.25, -0.2) is 9.36 Å². The average molecular weight is 782 g/mol. The van der Waals surface area contributed by atoms with Gasteiger partial charge in [0, 0.05) is 5.41 Å². The van der Waals surface area contributed by atoms with Crippen LogP contribution >= 0.6 is 7.75 Å². The molecule has 1 aromatic rings. The summed E-state index contributed by atoms with van der Waals surface area (Å²) in [5, 5.41) is 2.51. The maximum Gasteiger partial charge on any atom is 0.456 e. The summed E-state index contributed by atoms with van der Waals surface area (Å²) >= 11 is 0. The minimum absolute atomic E-state index is 0.0522. The minimum atomic E-state index is -4.62. The highest BCUT2D eigenvalue weighted by Crippen LogP contribution is 2.72. The monoisotopic (exact) mass is 782 g/mol. The number of carbonyl (C=O) groups excluding carboxylic acids is 2. The number of rotatable bonds is 14. The highest BCUT2D eigenvalue weighted by molar-refractivity contribution is 7.51. The fourth-order valence-electron chi connectivity index (χ4n) is 11.9. The molecule has 0 bridgehead atoms. The summed E-state index contributed by atoms with van der Waals surface area (Å²) in [6.45, 7) is 26.3. The van der Waals surface area contributed by atoms with Crippen molar-refractivity contribution in [2.24, 2.45) is 45.3 Å². The predicted octanol–water partition coefficient (Wildman–Crippen LogP) is 11.8. The maximum atomic E-state index is 14.0. The van der Waals surface area contributed by atoms with Crippen LogP contribution in [0.4, 0.5) is 0 Å². The van der Waals surface area contributed by atoms with Crippen LogP contribution in [0.3, 0.4) is 0 Å². The number of hydrogen-bond donors (Lipinski definition) is 2. The van der Waals surface area contributed by atoms with Crippen molar-refractivity contribution in [3.63, 3.8) is 0 Å². The lowest BCUT2D eigenvalue weighted by molar-refractivity contribution is -0.151. The first-order valence-corrected chi connectivity index (χ1v) is 22.9. The van der Waals surface area contributed by atoms with Crippen molar-refractivity contribution < 1.29 is 33.0 Å². The number of benzene rings is 1. The van der Waals surface area contributed by atoms with Gasteiger partial charge in [-0.1, -0.05) is 96.7 Å². The van der Waals surface area contributed by atoms with Crippen LogP contribution in [0.1, 0.15) is 164 Å². The fourth-order valence-corrected chi connectivity index (χ4v) is 13.0. The van der Waals surface area contributed by atoms with E-state index in [0.29, 0.717) is 23.7 Å². The number of para-hydroxylation sites is 1. The van der Waals surface area contributed by atoms with E-state index in [4.69, 9.17) is 14.0 Å². The number of fused-ring (bicyclic) bond motifs is 4. The van der Waals surface area contributed by atoms with Gasteiger partial charge >= 0.3 is 19.7 Å². The Morgan fingerprint density at radius 1 is 0.964 bits per heavy atom. The predicted molar refractivity (Wildman–Crippen MR) is 221 cm³/mol. The normalized spacial score (nSPS) is 32.6. The van der Waals surface area contributed by atoms with Crippen molar-refractivity contribution in [2.75, 3.05) is 0 Å². The lowest BCUT2D eigenvalue weighted by Gasteiger charge is -2.62. The number of esters is 2. The molecule has 0 spiro atoms. The Balaban J connectivity index is 1.32. The molecule has 0 amide bonds. The Hall–Kier alpha value is -2.41. The van der Waals surface area contributed by atoms with Crippen LogP contribution in [0.15, 0.2) is 47.1 Å².